The summed E-state index contributed by atoms with van der Waals surface area (Å²) in [5, 5.41) is 11.0. The molecule has 0 aliphatic rings. The highest BCUT2D eigenvalue weighted by molar-refractivity contribution is 14.1. The van der Waals surface area contributed by atoms with Crippen molar-refractivity contribution in [3.8, 4) is 5.75 Å². The third kappa shape index (κ3) is 3.70. The molecule has 8 heteroatoms. The minimum absolute atomic E-state index is 0.108. The van der Waals surface area contributed by atoms with E-state index < -0.39 is 25.6 Å². The van der Waals surface area contributed by atoms with E-state index in [4.69, 9.17) is 4.18 Å². The lowest BCUT2D eigenvalue weighted by Crippen LogP contribution is -2.12. The third-order valence-electron chi connectivity index (χ3n) is 2.58. The van der Waals surface area contributed by atoms with E-state index in [9.17, 15) is 18.5 Å². The van der Waals surface area contributed by atoms with E-state index in [0.717, 1.165) is 3.57 Å². The van der Waals surface area contributed by atoms with Crippen molar-refractivity contribution < 1.29 is 17.5 Å². The zero-order valence-corrected chi connectivity index (χ0v) is 13.8. The zero-order chi connectivity index (χ0) is 15.6. The van der Waals surface area contributed by atoms with Crippen LogP contribution in [0.25, 0.3) is 0 Å². The van der Waals surface area contributed by atoms with Crippen LogP contribution in [-0.2, 0) is 10.1 Å². The first-order valence-electron chi connectivity index (χ1n) is 5.75. The molecule has 2 aromatic rings. The molecule has 0 radical (unpaired) electrons. The van der Waals surface area contributed by atoms with Crippen LogP contribution in [0.5, 0.6) is 5.75 Å². The van der Waals surface area contributed by atoms with Gasteiger partial charge < -0.3 is 4.18 Å². The molecule has 2 aromatic carbocycles. The molecular weight excluding hydrogens is 409 g/mol. The number of rotatable bonds is 4. The van der Waals surface area contributed by atoms with E-state index in [1.54, 1.807) is 19.1 Å². The summed E-state index contributed by atoms with van der Waals surface area (Å²) in [7, 11) is -4.27. The summed E-state index contributed by atoms with van der Waals surface area (Å²) in [5.74, 6) is 0.108. The van der Waals surface area contributed by atoms with Crippen LogP contribution in [0.4, 0.5) is 5.69 Å². The smallest absolute Gasteiger partial charge is 0.346 e. The Bertz CT molecular complexity index is 804. The molecule has 110 valence electrons. The molecule has 21 heavy (non-hydrogen) atoms. The number of halogens is 1. The number of nitro groups is 1. The SMILES string of the molecule is Cc1ccc(S(=O)(=O)Oc2cccc(I)c2)c([N+](=O)[O-])c1. The summed E-state index contributed by atoms with van der Waals surface area (Å²) < 4.78 is 30.2. The monoisotopic (exact) mass is 419 g/mol. The van der Waals surface area contributed by atoms with Crippen LogP contribution < -0.4 is 4.18 Å². The first-order valence-corrected chi connectivity index (χ1v) is 8.23. The fourth-order valence-corrected chi connectivity index (χ4v) is 3.26. The van der Waals surface area contributed by atoms with Gasteiger partial charge in [0.1, 0.15) is 5.75 Å². The van der Waals surface area contributed by atoms with E-state index in [2.05, 4.69) is 0 Å². The van der Waals surface area contributed by atoms with Crippen molar-refractivity contribution in [1.29, 1.82) is 0 Å². The van der Waals surface area contributed by atoms with Crippen molar-refractivity contribution in [2.75, 3.05) is 0 Å². The average Bonchev–Trinajstić information content (AvgIpc) is 2.37. The van der Waals surface area contributed by atoms with Gasteiger partial charge in [0.15, 0.2) is 4.90 Å². The largest absolute Gasteiger partial charge is 0.379 e. The lowest BCUT2D eigenvalue weighted by Gasteiger charge is -2.08. The van der Waals surface area contributed by atoms with E-state index >= 15 is 0 Å². The molecule has 0 heterocycles. The topological polar surface area (TPSA) is 86.5 Å². The van der Waals surface area contributed by atoms with Crippen molar-refractivity contribution in [2.45, 2.75) is 11.8 Å². The number of nitro benzene ring substituents is 1. The molecule has 0 atom stereocenters. The van der Waals surface area contributed by atoms with E-state index in [1.807, 2.05) is 22.6 Å². The van der Waals surface area contributed by atoms with Crippen LogP contribution >= 0.6 is 22.6 Å². The van der Waals surface area contributed by atoms with Crippen molar-refractivity contribution in [1.82, 2.24) is 0 Å². The summed E-state index contributed by atoms with van der Waals surface area (Å²) in [6.07, 6.45) is 0. The summed E-state index contributed by atoms with van der Waals surface area (Å²) >= 11 is 2.01. The van der Waals surface area contributed by atoms with Gasteiger partial charge >= 0.3 is 10.1 Å². The van der Waals surface area contributed by atoms with Crippen LogP contribution in [0.1, 0.15) is 5.56 Å². The second kappa shape index (κ2) is 5.98. The van der Waals surface area contributed by atoms with Gasteiger partial charge in [-0.25, -0.2) is 0 Å². The first-order chi connectivity index (χ1) is 9.79. The van der Waals surface area contributed by atoms with Gasteiger partial charge in [0.2, 0.25) is 0 Å². The predicted molar refractivity (Wildman–Crippen MR) is 84.8 cm³/mol. The fraction of sp³-hybridized carbons (Fsp3) is 0.0769. The van der Waals surface area contributed by atoms with E-state index in [1.165, 1.54) is 30.3 Å². The maximum absolute atomic E-state index is 12.2. The van der Waals surface area contributed by atoms with Crippen molar-refractivity contribution in [3.63, 3.8) is 0 Å². The van der Waals surface area contributed by atoms with Gasteiger partial charge in [0.25, 0.3) is 5.69 Å². The number of hydrogen-bond donors (Lipinski definition) is 0. The molecule has 0 saturated carbocycles. The summed E-state index contributed by atoms with van der Waals surface area (Å²) in [5.41, 5.74) is 0.0931. The molecule has 6 nitrogen and oxygen atoms in total. The number of hydrogen-bond acceptors (Lipinski definition) is 5. The Morgan fingerprint density at radius 2 is 1.90 bits per heavy atom. The highest BCUT2D eigenvalue weighted by Crippen LogP contribution is 2.28. The molecule has 0 N–H and O–H groups in total. The van der Waals surface area contributed by atoms with Gasteiger partial charge in [0, 0.05) is 9.64 Å². The zero-order valence-electron chi connectivity index (χ0n) is 10.8. The molecule has 0 amide bonds. The van der Waals surface area contributed by atoms with Gasteiger partial charge in [-0.05, 0) is 59.3 Å². The fourth-order valence-electron chi connectivity index (χ4n) is 1.67. The van der Waals surface area contributed by atoms with E-state index in [0.29, 0.717) is 5.56 Å². The summed E-state index contributed by atoms with van der Waals surface area (Å²) in [4.78, 5) is 9.81. The van der Waals surface area contributed by atoms with Crippen LogP contribution in [0, 0.1) is 20.6 Å². The van der Waals surface area contributed by atoms with Crippen LogP contribution in [0.2, 0.25) is 0 Å². The van der Waals surface area contributed by atoms with Gasteiger partial charge in [-0.1, -0.05) is 12.1 Å². The molecule has 0 unspecified atom stereocenters. The molecule has 0 aliphatic heterocycles. The number of benzene rings is 2. The van der Waals surface area contributed by atoms with Crippen molar-refractivity contribution in [3.05, 3.63) is 61.7 Å². The average molecular weight is 419 g/mol. The van der Waals surface area contributed by atoms with Gasteiger partial charge in [-0.15, -0.1) is 0 Å². The predicted octanol–water partition coefficient (Wildman–Crippen LogP) is 3.28. The molecule has 0 aliphatic carbocycles. The highest BCUT2D eigenvalue weighted by Gasteiger charge is 2.27. The Hall–Kier alpha value is -1.68. The van der Waals surface area contributed by atoms with Crippen LogP contribution in [-0.4, -0.2) is 13.3 Å². The van der Waals surface area contributed by atoms with Crippen LogP contribution in [0.3, 0.4) is 0 Å². The summed E-state index contributed by atoms with van der Waals surface area (Å²) in [6, 6.07) is 10.3. The molecular formula is C13H10INO5S. The Balaban J connectivity index is 2.47. The Kier molecular flexibility index (Phi) is 4.47. The summed E-state index contributed by atoms with van der Waals surface area (Å²) in [6.45, 7) is 1.64. The minimum atomic E-state index is -4.27. The molecule has 0 bridgehead atoms. The molecule has 0 spiro atoms. The molecule has 0 aromatic heterocycles. The van der Waals surface area contributed by atoms with Gasteiger partial charge in [0.05, 0.1) is 4.92 Å². The lowest BCUT2D eigenvalue weighted by atomic mass is 10.2. The Morgan fingerprint density at radius 1 is 1.19 bits per heavy atom. The van der Waals surface area contributed by atoms with Gasteiger partial charge in [-0.3, -0.25) is 10.1 Å². The standard InChI is InChI=1S/C13H10INO5S/c1-9-5-6-13(12(7-9)15(16)17)21(18,19)20-11-4-2-3-10(14)8-11/h2-8H,1H3. The maximum atomic E-state index is 12.2. The van der Waals surface area contributed by atoms with Gasteiger partial charge in [-0.2, -0.15) is 8.42 Å². The third-order valence-corrected chi connectivity index (χ3v) is 4.55. The highest BCUT2D eigenvalue weighted by atomic mass is 127. The molecule has 2 rings (SSSR count). The quantitative estimate of drug-likeness (QED) is 0.329. The number of nitrogens with zero attached hydrogens (tertiary/aromatic N) is 1. The second-order valence-electron chi connectivity index (χ2n) is 4.22. The normalized spacial score (nSPS) is 11.1. The maximum Gasteiger partial charge on any atom is 0.346 e. The number of aryl methyl sites for hydroxylation is 1. The molecule has 0 saturated heterocycles. The molecule has 0 fully saturated rings. The van der Waals surface area contributed by atoms with Crippen molar-refractivity contribution >= 4 is 38.4 Å². The second-order valence-corrected chi connectivity index (χ2v) is 6.98. The van der Waals surface area contributed by atoms with E-state index in [-0.39, 0.29) is 5.75 Å². The Morgan fingerprint density at radius 3 is 2.52 bits per heavy atom. The first kappa shape index (κ1) is 15.7. The van der Waals surface area contributed by atoms with Crippen LogP contribution in [0.15, 0.2) is 47.4 Å². The lowest BCUT2D eigenvalue weighted by molar-refractivity contribution is -0.387. The minimum Gasteiger partial charge on any atom is -0.379 e. The Labute approximate surface area is 135 Å². The van der Waals surface area contributed by atoms with Crippen molar-refractivity contribution in [2.24, 2.45) is 0 Å².